The normalized spacial score (nSPS) is 12.1. The van der Waals surface area contributed by atoms with Gasteiger partial charge in [0.2, 0.25) is 0 Å². The first-order valence-corrected chi connectivity index (χ1v) is 7.23. The van der Waals surface area contributed by atoms with Gasteiger partial charge in [-0.3, -0.25) is 4.79 Å². The van der Waals surface area contributed by atoms with Crippen LogP contribution in [-0.2, 0) is 14.3 Å². The SMILES string of the molecule is Cc1ccc(NC(=O)[C@H](C)OC(=O)/C(C#N)=C/c2ccco2)cc1. The van der Waals surface area contributed by atoms with Crippen LogP contribution >= 0.6 is 0 Å². The van der Waals surface area contributed by atoms with Crippen LogP contribution in [0.4, 0.5) is 5.69 Å². The van der Waals surface area contributed by atoms with Gasteiger partial charge in [0.15, 0.2) is 6.10 Å². The van der Waals surface area contributed by atoms with Crippen molar-refractivity contribution in [1.82, 2.24) is 0 Å². The Labute approximate surface area is 139 Å². The first kappa shape index (κ1) is 17.0. The van der Waals surface area contributed by atoms with Crippen LogP contribution < -0.4 is 5.32 Å². The fourth-order valence-electron chi connectivity index (χ4n) is 1.81. The second-order valence-corrected chi connectivity index (χ2v) is 5.09. The van der Waals surface area contributed by atoms with Crippen molar-refractivity contribution in [2.75, 3.05) is 5.32 Å². The molecule has 0 aliphatic carbocycles. The third-order valence-electron chi connectivity index (χ3n) is 3.14. The minimum atomic E-state index is -1.05. The molecule has 1 N–H and O–H groups in total. The van der Waals surface area contributed by atoms with Crippen LogP contribution in [0, 0.1) is 18.3 Å². The monoisotopic (exact) mass is 324 g/mol. The highest BCUT2D eigenvalue weighted by molar-refractivity contribution is 6.00. The maximum atomic E-state index is 12.1. The van der Waals surface area contributed by atoms with E-state index in [0.717, 1.165) is 5.56 Å². The van der Waals surface area contributed by atoms with E-state index < -0.39 is 18.0 Å². The Hall–Kier alpha value is -3.33. The molecule has 122 valence electrons. The molecule has 0 saturated carbocycles. The third kappa shape index (κ3) is 4.58. The summed E-state index contributed by atoms with van der Waals surface area (Å²) in [5, 5.41) is 11.7. The number of esters is 1. The fraction of sp³-hybridized carbons (Fsp3) is 0.167. The lowest BCUT2D eigenvalue weighted by Gasteiger charge is -2.13. The Morgan fingerprint density at radius 3 is 2.58 bits per heavy atom. The highest BCUT2D eigenvalue weighted by Gasteiger charge is 2.21. The third-order valence-corrected chi connectivity index (χ3v) is 3.14. The van der Waals surface area contributed by atoms with Crippen LogP contribution in [-0.4, -0.2) is 18.0 Å². The molecule has 1 amide bonds. The van der Waals surface area contributed by atoms with Gasteiger partial charge in [-0.2, -0.15) is 5.26 Å². The fourth-order valence-corrected chi connectivity index (χ4v) is 1.81. The van der Waals surface area contributed by atoms with Crippen molar-refractivity contribution in [2.24, 2.45) is 0 Å². The largest absolute Gasteiger partial charge is 0.465 e. The number of furan rings is 1. The first-order valence-electron chi connectivity index (χ1n) is 7.23. The zero-order chi connectivity index (χ0) is 17.5. The van der Waals surface area contributed by atoms with Gasteiger partial charge in [-0.15, -0.1) is 0 Å². The molecule has 0 aliphatic heterocycles. The molecule has 6 heteroatoms. The molecule has 0 saturated heterocycles. The number of anilines is 1. The summed E-state index contributed by atoms with van der Waals surface area (Å²) >= 11 is 0. The van der Waals surface area contributed by atoms with Gasteiger partial charge in [0.25, 0.3) is 5.91 Å². The highest BCUT2D eigenvalue weighted by atomic mass is 16.5. The molecule has 0 unspecified atom stereocenters. The van der Waals surface area contributed by atoms with E-state index in [0.29, 0.717) is 11.4 Å². The van der Waals surface area contributed by atoms with Crippen molar-refractivity contribution in [3.05, 3.63) is 59.6 Å². The highest BCUT2D eigenvalue weighted by Crippen LogP contribution is 2.12. The van der Waals surface area contributed by atoms with Crippen molar-refractivity contribution in [3.63, 3.8) is 0 Å². The summed E-state index contributed by atoms with van der Waals surface area (Å²) in [6.45, 7) is 3.37. The summed E-state index contributed by atoms with van der Waals surface area (Å²) in [4.78, 5) is 24.0. The Balaban J connectivity index is 1.98. The number of aryl methyl sites for hydroxylation is 1. The molecule has 1 heterocycles. The lowest BCUT2D eigenvalue weighted by molar-refractivity contribution is -0.148. The maximum Gasteiger partial charge on any atom is 0.349 e. The van der Waals surface area contributed by atoms with E-state index >= 15 is 0 Å². The number of carbonyl (C=O) groups excluding carboxylic acids is 2. The summed E-state index contributed by atoms with van der Waals surface area (Å²) in [6, 6.07) is 12.2. The summed E-state index contributed by atoms with van der Waals surface area (Å²) in [5.41, 5.74) is 1.41. The standard InChI is InChI=1S/C18H16N2O4/c1-12-5-7-15(8-6-12)20-17(21)13(2)24-18(22)14(11-19)10-16-4-3-9-23-16/h3-10,13H,1-2H3,(H,20,21)/b14-10+/t13-/m0/s1. The van der Waals surface area contributed by atoms with Crippen LogP contribution in [0.5, 0.6) is 0 Å². The summed E-state index contributed by atoms with van der Waals surface area (Å²) in [5.74, 6) is -1.02. The van der Waals surface area contributed by atoms with Gasteiger partial charge in [0, 0.05) is 11.8 Å². The van der Waals surface area contributed by atoms with Crippen molar-refractivity contribution in [3.8, 4) is 6.07 Å². The molecule has 0 aliphatic rings. The zero-order valence-corrected chi connectivity index (χ0v) is 13.3. The van der Waals surface area contributed by atoms with Crippen LogP contribution in [0.15, 0.2) is 52.7 Å². The molecular formula is C18H16N2O4. The number of hydrogen-bond donors (Lipinski definition) is 1. The number of benzene rings is 1. The number of ether oxygens (including phenoxy) is 1. The van der Waals surface area contributed by atoms with E-state index in [2.05, 4.69) is 5.32 Å². The van der Waals surface area contributed by atoms with Gasteiger partial charge in [0.05, 0.1) is 6.26 Å². The molecule has 0 spiro atoms. The van der Waals surface area contributed by atoms with Crippen molar-refractivity contribution < 1.29 is 18.7 Å². The van der Waals surface area contributed by atoms with Crippen LogP contribution in [0.25, 0.3) is 6.08 Å². The van der Waals surface area contributed by atoms with Gasteiger partial charge >= 0.3 is 5.97 Å². The number of hydrogen-bond acceptors (Lipinski definition) is 5. The smallest absolute Gasteiger partial charge is 0.349 e. The van der Waals surface area contributed by atoms with E-state index in [1.807, 2.05) is 19.1 Å². The zero-order valence-electron chi connectivity index (χ0n) is 13.3. The second kappa shape index (κ2) is 7.79. The minimum absolute atomic E-state index is 0.250. The lowest BCUT2D eigenvalue weighted by Crippen LogP contribution is -2.30. The van der Waals surface area contributed by atoms with E-state index in [9.17, 15) is 9.59 Å². The molecule has 2 rings (SSSR count). The Morgan fingerprint density at radius 1 is 1.29 bits per heavy atom. The number of nitriles is 1. The summed E-state index contributed by atoms with van der Waals surface area (Å²) in [7, 11) is 0. The molecule has 1 atom stereocenters. The van der Waals surface area contributed by atoms with Gasteiger partial charge in [0.1, 0.15) is 17.4 Å². The van der Waals surface area contributed by atoms with Crippen molar-refractivity contribution in [2.45, 2.75) is 20.0 Å². The first-order chi connectivity index (χ1) is 11.5. The molecular weight excluding hydrogens is 308 g/mol. The molecule has 1 aromatic heterocycles. The van der Waals surface area contributed by atoms with Gasteiger partial charge in [-0.25, -0.2) is 4.79 Å². The van der Waals surface area contributed by atoms with Gasteiger partial charge in [-0.1, -0.05) is 17.7 Å². The van der Waals surface area contributed by atoms with E-state index in [1.54, 1.807) is 30.3 Å². The Bertz CT molecular complexity index is 783. The molecule has 24 heavy (non-hydrogen) atoms. The van der Waals surface area contributed by atoms with Crippen LogP contribution in [0.1, 0.15) is 18.2 Å². The van der Waals surface area contributed by atoms with Gasteiger partial charge < -0.3 is 14.5 Å². The summed E-state index contributed by atoms with van der Waals surface area (Å²) < 4.78 is 10.1. The van der Waals surface area contributed by atoms with E-state index in [-0.39, 0.29) is 5.57 Å². The average Bonchev–Trinajstić information content (AvgIpc) is 3.07. The number of carbonyl (C=O) groups is 2. The minimum Gasteiger partial charge on any atom is -0.465 e. The maximum absolute atomic E-state index is 12.1. The number of rotatable bonds is 5. The topological polar surface area (TPSA) is 92.3 Å². The summed E-state index contributed by atoms with van der Waals surface area (Å²) in [6.07, 6.45) is 1.63. The van der Waals surface area contributed by atoms with E-state index in [4.69, 9.17) is 14.4 Å². The van der Waals surface area contributed by atoms with Crippen LogP contribution in [0.3, 0.4) is 0 Å². The molecule has 0 fully saturated rings. The van der Waals surface area contributed by atoms with Crippen LogP contribution in [0.2, 0.25) is 0 Å². The molecule has 0 radical (unpaired) electrons. The average molecular weight is 324 g/mol. The number of amides is 1. The van der Waals surface area contributed by atoms with E-state index in [1.165, 1.54) is 19.3 Å². The number of nitrogens with zero attached hydrogens (tertiary/aromatic N) is 1. The predicted octanol–water partition coefficient (Wildman–Crippen LogP) is 3.07. The number of nitrogens with one attached hydrogen (secondary N) is 1. The van der Waals surface area contributed by atoms with Crippen molar-refractivity contribution in [1.29, 1.82) is 5.26 Å². The molecule has 6 nitrogen and oxygen atoms in total. The van der Waals surface area contributed by atoms with Gasteiger partial charge in [-0.05, 0) is 38.1 Å². The Morgan fingerprint density at radius 2 is 2.00 bits per heavy atom. The van der Waals surface area contributed by atoms with Crippen molar-refractivity contribution >= 4 is 23.6 Å². The predicted molar refractivity (Wildman–Crippen MR) is 87.7 cm³/mol. The Kier molecular flexibility index (Phi) is 5.53. The quantitative estimate of drug-likeness (QED) is 0.518. The lowest BCUT2D eigenvalue weighted by atomic mass is 10.2. The molecule has 2 aromatic rings. The second-order valence-electron chi connectivity index (χ2n) is 5.09. The molecule has 0 bridgehead atoms. The molecule has 1 aromatic carbocycles.